The second-order valence-corrected chi connectivity index (χ2v) is 8.30. The molecule has 1 aliphatic heterocycles. The standard InChI is InChI=1S/C25H22OS/c1-16-7-9-18(10-8-16)24-14-22(19-11-12-27-15-19)23-13-17(2)20-5-3-4-6-21(20)25(23)26-24/h3-13,15,22,24H,14H2,1-2H3. The molecule has 1 aliphatic rings. The maximum Gasteiger partial charge on any atom is 0.131 e. The number of thiophene rings is 1. The van der Waals surface area contributed by atoms with Gasteiger partial charge in [-0.05, 0) is 59.2 Å². The zero-order chi connectivity index (χ0) is 18.4. The number of ether oxygens (including phenoxy) is 1. The van der Waals surface area contributed by atoms with Crippen LogP contribution in [0.25, 0.3) is 10.8 Å². The van der Waals surface area contributed by atoms with Gasteiger partial charge in [0, 0.05) is 16.9 Å². The molecule has 0 fully saturated rings. The molecular formula is C25H22OS. The largest absolute Gasteiger partial charge is 0.485 e. The summed E-state index contributed by atoms with van der Waals surface area (Å²) in [6.45, 7) is 4.34. The minimum atomic E-state index is 0.0779. The molecule has 2 unspecified atom stereocenters. The molecule has 0 amide bonds. The topological polar surface area (TPSA) is 9.23 Å². The highest BCUT2D eigenvalue weighted by Gasteiger charge is 2.32. The Hall–Kier alpha value is -2.58. The second kappa shape index (κ2) is 6.54. The molecule has 0 aliphatic carbocycles. The molecule has 3 aromatic carbocycles. The summed E-state index contributed by atoms with van der Waals surface area (Å²) in [5.74, 6) is 1.43. The maximum absolute atomic E-state index is 6.66. The fraction of sp³-hybridized carbons (Fsp3) is 0.200. The first kappa shape index (κ1) is 16.6. The number of rotatable bonds is 2. The number of hydrogen-bond acceptors (Lipinski definition) is 2. The predicted molar refractivity (Wildman–Crippen MR) is 114 cm³/mol. The van der Waals surface area contributed by atoms with Crippen molar-refractivity contribution < 1.29 is 4.74 Å². The molecule has 5 rings (SSSR count). The summed E-state index contributed by atoms with van der Waals surface area (Å²) >= 11 is 1.77. The fourth-order valence-corrected chi connectivity index (χ4v) is 4.97. The Kier molecular flexibility index (Phi) is 4.02. The summed E-state index contributed by atoms with van der Waals surface area (Å²) in [5.41, 5.74) is 6.59. The summed E-state index contributed by atoms with van der Waals surface area (Å²) < 4.78 is 6.66. The van der Waals surface area contributed by atoms with Crippen LogP contribution in [0.2, 0.25) is 0 Å². The van der Waals surface area contributed by atoms with Crippen molar-refractivity contribution in [1.82, 2.24) is 0 Å². The molecule has 1 aromatic heterocycles. The molecule has 0 spiro atoms. The van der Waals surface area contributed by atoms with Crippen LogP contribution >= 0.6 is 11.3 Å². The van der Waals surface area contributed by atoms with Gasteiger partial charge in [-0.25, -0.2) is 0 Å². The molecule has 0 saturated heterocycles. The highest BCUT2D eigenvalue weighted by Crippen LogP contribution is 2.49. The Bertz CT molecular complexity index is 1090. The van der Waals surface area contributed by atoms with Gasteiger partial charge in [0.1, 0.15) is 11.9 Å². The zero-order valence-corrected chi connectivity index (χ0v) is 16.4. The third-order valence-corrected chi connectivity index (χ3v) is 6.41. The minimum absolute atomic E-state index is 0.0779. The summed E-state index contributed by atoms with van der Waals surface area (Å²) in [7, 11) is 0. The highest BCUT2D eigenvalue weighted by atomic mass is 32.1. The van der Waals surface area contributed by atoms with Gasteiger partial charge in [0.2, 0.25) is 0 Å². The molecule has 27 heavy (non-hydrogen) atoms. The van der Waals surface area contributed by atoms with Crippen molar-refractivity contribution in [2.75, 3.05) is 0 Å². The van der Waals surface area contributed by atoms with Crippen LogP contribution in [-0.2, 0) is 0 Å². The van der Waals surface area contributed by atoms with Gasteiger partial charge in [0.05, 0.1) is 0 Å². The van der Waals surface area contributed by atoms with Crippen molar-refractivity contribution >= 4 is 22.1 Å². The van der Waals surface area contributed by atoms with Crippen LogP contribution in [0.3, 0.4) is 0 Å². The predicted octanol–water partition coefficient (Wildman–Crippen LogP) is 7.17. The van der Waals surface area contributed by atoms with Crippen LogP contribution in [-0.4, -0.2) is 0 Å². The molecule has 134 valence electrons. The van der Waals surface area contributed by atoms with Gasteiger partial charge in [0.25, 0.3) is 0 Å². The first-order valence-corrected chi connectivity index (χ1v) is 10.4. The Morgan fingerprint density at radius 2 is 1.67 bits per heavy atom. The van der Waals surface area contributed by atoms with Crippen LogP contribution in [0.4, 0.5) is 0 Å². The van der Waals surface area contributed by atoms with Gasteiger partial charge >= 0.3 is 0 Å². The quantitative estimate of drug-likeness (QED) is 0.363. The van der Waals surface area contributed by atoms with E-state index < -0.39 is 0 Å². The van der Waals surface area contributed by atoms with E-state index in [1.165, 1.54) is 38.6 Å². The first-order chi connectivity index (χ1) is 13.2. The Morgan fingerprint density at radius 3 is 2.41 bits per heavy atom. The lowest BCUT2D eigenvalue weighted by Crippen LogP contribution is -2.20. The zero-order valence-electron chi connectivity index (χ0n) is 15.6. The lowest BCUT2D eigenvalue weighted by atomic mass is 9.81. The summed E-state index contributed by atoms with van der Waals surface area (Å²) in [5, 5.41) is 6.98. The number of hydrogen-bond donors (Lipinski definition) is 0. The van der Waals surface area contributed by atoms with Gasteiger partial charge in [-0.2, -0.15) is 11.3 Å². The second-order valence-electron chi connectivity index (χ2n) is 7.52. The molecule has 0 N–H and O–H groups in total. The van der Waals surface area contributed by atoms with Gasteiger partial charge in [-0.1, -0.05) is 60.2 Å². The van der Waals surface area contributed by atoms with Crippen LogP contribution in [0.15, 0.2) is 71.4 Å². The van der Waals surface area contributed by atoms with E-state index >= 15 is 0 Å². The van der Waals surface area contributed by atoms with Crippen LogP contribution in [0.5, 0.6) is 5.75 Å². The molecule has 2 heteroatoms. The first-order valence-electron chi connectivity index (χ1n) is 9.48. The van der Waals surface area contributed by atoms with E-state index in [1.54, 1.807) is 11.3 Å². The molecule has 2 atom stereocenters. The van der Waals surface area contributed by atoms with Crippen LogP contribution in [0, 0.1) is 13.8 Å². The molecule has 0 saturated carbocycles. The highest BCUT2D eigenvalue weighted by molar-refractivity contribution is 7.08. The van der Waals surface area contributed by atoms with Gasteiger partial charge in [0.15, 0.2) is 0 Å². The fourth-order valence-electron chi connectivity index (χ4n) is 4.25. The van der Waals surface area contributed by atoms with Gasteiger partial charge < -0.3 is 4.74 Å². The third-order valence-electron chi connectivity index (χ3n) is 5.71. The van der Waals surface area contributed by atoms with Crippen molar-refractivity contribution in [3.05, 3.63) is 99.2 Å². The normalized spacial score (nSPS) is 18.9. The Morgan fingerprint density at radius 1 is 0.889 bits per heavy atom. The third kappa shape index (κ3) is 2.85. The van der Waals surface area contributed by atoms with E-state index in [1.807, 2.05) is 0 Å². The lowest BCUT2D eigenvalue weighted by Gasteiger charge is -2.34. The van der Waals surface area contributed by atoms with Crippen molar-refractivity contribution in [3.8, 4) is 5.75 Å². The van der Waals surface area contributed by atoms with Crippen molar-refractivity contribution in [3.63, 3.8) is 0 Å². The van der Waals surface area contributed by atoms with Gasteiger partial charge in [-0.3, -0.25) is 0 Å². The van der Waals surface area contributed by atoms with E-state index in [4.69, 9.17) is 4.74 Å². The Labute approximate surface area is 164 Å². The van der Waals surface area contributed by atoms with E-state index in [2.05, 4.69) is 85.3 Å². The lowest BCUT2D eigenvalue weighted by molar-refractivity contribution is 0.170. The monoisotopic (exact) mass is 370 g/mol. The van der Waals surface area contributed by atoms with E-state index in [-0.39, 0.29) is 6.10 Å². The number of fused-ring (bicyclic) bond motifs is 3. The number of aryl methyl sites for hydroxylation is 2. The molecule has 0 radical (unpaired) electrons. The van der Waals surface area contributed by atoms with Crippen molar-refractivity contribution in [1.29, 1.82) is 0 Å². The van der Waals surface area contributed by atoms with Crippen LogP contribution < -0.4 is 4.74 Å². The smallest absolute Gasteiger partial charge is 0.131 e. The maximum atomic E-state index is 6.66. The Balaban J connectivity index is 1.71. The molecule has 2 heterocycles. The minimum Gasteiger partial charge on any atom is -0.485 e. The van der Waals surface area contributed by atoms with E-state index in [9.17, 15) is 0 Å². The summed E-state index contributed by atoms with van der Waals surface area (Å²) in [4.78, 5) is 0. The summed E-state index contributed by atoms with van der Waals surface area (Å²) in [6, 6.07) is 22.0. The van der Waals surface area contributed by atoms with E-state index in [0.29, 0.717) is 5.92 Å². The average Bonchev–Trinajstić information content (AvgIpc) is 3.23. The molecule has 1 nitrogen and oxygen atoms in total. The van der Waals surface area contributed by atoms with Crippen molar-refractivity contribution in [2.24, 2.45) is 0 Å². The average molecular weight is 371 g/mol. The molecule has 0 bridgehead atoms. The SMILES string of the molecule is Cc1ccc(C2CC(c3ccsc3)c3cc(C)c4ccccc4c3O2)cc1. The van der Waals surface area contributed by atoms with E-state index in [0.717, 1.165) is 12.2 Å². The molecular weight excluding hydrogens is 348 g/mol. The van der Waals surface area contributed by atoms with Gasteiger partial charge in [-0.15, -0.1) is 0 Å². The number of benzene rings is 3. The molecule has 4 aromatic rings. The van der Waals surface area contributed by atoms with Crippen molar-refractivity contribution in [2.45, 2.75) is 32.3 Å². The van der Waals surface area contributed by atoms with Crippen LogP contribution in [0.1, 0.15) is 46.3 Å². The summed E-state index contributed by atoms with van der Waals surface area (Å²) in [6.07, 6.45) is 1.05.